The van der Waals surface area contributed by atoms with E-state index in [0.29, 0.717) is 11.7 Å². The second-order valence-electron chi connectivity index (χ2n) is 5.88. The summed E-state index contributed by atoms with van der Waals surface area (Å²) in [6.45, 7) is 5.40. The molecule has 0 spiro atoms. The molecule has 0 aromatic rings. The van der Waals surface area contributed by atoms with E-state index < -0.39 is 0 Å². The molecule has 2 N–H and O–H groups in total. The first-order chi connectivity index (χ1) is 8.15. The lowest BCUT2D eigenvalue weighted by Gasteiger charge is -2.31. The fourth-order valence-electron chi connectivity index (χ4n) is 2.84. The van der Waals surface area contributed by atoms with Gasteiger partial charge in [-0.2, -0.15) is 0 Å². The van der Waals surface area contributed by atoms with Crippen molar-refractivity contribution in [2.45, 2.75) is 65.2 Å². The minimum absolute atomic E-state index is 0.371. The smallest absolute Gasteiger partial charge is 0.135 e. The van der Waals surface area contributed by atoms with Gasteiger partial charge in [0.25, 0.3) is 0 Å². The van der Waals surface area contributed by atoms with E-state index in [-0.39, 0.29) is 0 Å². The lowest BCUT2D eigenvalue weighted by atomic mass is 9.74. The fraction of sp³-hybridized carbons (Fsp3) is 0.933. The maximum atomic E-state index is 12.1. The van der Waals surface area contributed by atoms with Crippen LogP contribution in [0.2, 0.25) is 0 Å². The zero-order valence-electron chi connectivity index (χ0n) is 11.6. The van der Waals surface area contributed by atoms with Crippen LogP contribution in [0.3, 0.4) is 0 Å². The van der Waals surface area contributed by atoms with Crippen LogP contribution in [-0.4, -0.2) is 12.3 Å². The van der Waals surface area contributed by atoms with Crippen molar-refractivity contribution in [3.63, 3.8) is 0 Å². The monoisotopic (exact) mass is 239 g/mol. The third kappa shape index (κ3) is 5.20. The first kappa shape index (κ1) is 14.7. The molecular weight excluding hydrogens is 210 g/mol. The fourth-order valence-corrected chi connectivity index (χ4v) is 2.84. The predicted molar refractivity (Wildman–Crippen MR) is 72.8 cm³/mol. The molecule has 1 fully saturated rings. The maximum absolute atomic E-state index is 12.1. The molecule has 3 atom stereocenters. The zero-order valence-corrected chi connectivity index (χ0v) is 11.6. The molecule has 0 radical (unpaired) electrons. The van der Waals surface area contributed by atoms with Crippen LogP contribution in [0.4, 0.5) is 0 Å². The van der Waals surface area contributed by atoms with Crippen LogP contribution in [0, 0.1) is 17.8 Å². The van der Waals surface area contributed by atoms with E-state index in [9.17, 15) is 4.79 Å². The number of carbonyl (C=O) groups excluding carboxylic acids is 1. The average molecular weight is 239 g/mol. The molecule has 0 aromatic heterocycles. The average Bonchev–Trinajstić information content (AvgIpc) is 2.32. The van der Waals surface area contributed by atoms with Gasteiger partial charge in [0.2, 0.25) is 0 Å². The summed E-state index contributed by atoms with van der Waals surface area (Å²) in [4.78, 5) is 12.1. The van der Waals surface area contributed by atoms with Crippen molar-refractivity contribution in [1.82, 2.24) is 0 Å². The van der Waals surface area contributed by atoms with Crippen molar-refractivity contribution >= 4 is 5.78 Å². The van der Waals surface area contributed by atoms with E-state index in [1.807, 2.05) is 0 Å². The Bertz CT molecular complexity index is 227. The van der Waals surface area contributed by atoms with Gasteiger partial charge in [0.15, 0.2) is 0 Å². The standard InChI is InChI=1S/C15H29NO/c1-12-8-9-14(11-13(12)2)15(17)7-5-3-4-6-10-16/h12-14H,3-11,16H2,1-2H3. The van der Waals surface area contributed by atoms with Gasteiger partial charge in [-0.05, 0) is 50.5 Å². The van der Waals surface area contributed by atoms with Gasteiger partial charge >= 0.3 is 0 Å². The van der Waals surface area contributed by atoms with Crippen molar-refractivity contribution in [3.8, 4) is 0 Å². The van der Waals surface area contributed by atoms with E-state index in [0.717, 1.165) is 50.5 Å². The summed E-state index contributed by atoms with van der Waals surface area (Å²) in [5.41, 5.74) is 5.45. The number of hydrogen-bond donors (Lipinski definition) is 1. The highest BCUT2D eigenvalue weighted by Gasteiger charge is 2.28. The molecule has 2 heteroatoms. The van der Waals surface area contributed by atoms with E-state index in [2.05, 4.69) is 13.8 Å². The highest BCUT2D eigenvalue weighted by molar-refractivity contribution is 5.81. The SMILES string of the molecule is CC1CCC(C(=O)CCCCCCN)CC1C. The van der Waals surface area contributed by atoms with Crippen LogP contribution in [0.25, 0.3) is 0 Å². The number of carbonyl (C=O) groups is 1. The zero-order chi connectivity index (χ0) is 12.7. The van der Waals surface area contributed by atoms with Crippen LogP contribution < -0.4 is 5.73 Å². The normalized spacial score (nSPS) is 29.2. The Morgan fingerprint density at radius 1 is 1.06 bits per heavy atom. The van der Waals surface area contributed by atoms with E-state index in [1.54, 1.807) is 0 Å². The third-order valence-corrected chi connectivity index (χ3v) is 4.43. The summed E-state index contributed by atoms with van der Waals surface area (Å²) >= 11 is 0. The lowest BCUT2D eigenvalue weighted by Crippen LogP contribution is -2.26. The van der Waals surface area contributed by atoms with Gasteiger partial charge in [0, 0.05) is 12.3 Å². The van der Waals surface area contributed by atoms with Crippen LogP contribution in [0.5, 0.6) is 0 Å². The minimum Gasteiger partial charge on any atom is -0.330 e. The van der Waals surface area contributed by atoms with Crippen molar-refractivity contribution < 1.29 is 4.79 Å². The molecule has 0 saturated heterocycles. The Morgan fingerprint density at radius 3 is 2.41 bits per heavy atom. The second-order valence-corrected chi connectivity index (χ2v) is 5.88. The summed E-state index contributed by atoms with van der Waals surface area (Å²) in [6, 6.07) is 0. The Kier molecular flexibility index (Phi) is 6.79. The molecule has 1 aliphatic rings. The Labute approximate surface area is 106 Å². The summed E-state index contributed by atoms with van der Waals surface area (Å²) in [5, 5.41) is 0. The molecule has 3 unspecified atom stereocenters. The Morgan fingerprint density at radius 2 is 1.76 bits per heavy atom. The van der Waals surface area contributed by atoms with E-state index in [1.165, 1.54) is 19.3 Å². The largest absolute Gasteiger partial charge is 0.330 e. The maximum Gasteiger partial charge on any atom is 0.135 e. The molecule has 100 valence electrons. The number of rotatable bonds is 7. The molecule has 1 saturated carbocycles. The number of unbranched alkanes of at least 4 members (excludes halogenated alkanes) is 3. The second kappa shape index (κ2) is 7.86. The van der Waals surface area contributed by atoms with E-state index >= 15 is 0 Å². The summed E-state index contributed by atoms with van der Waals surface area (Å²) in [7, 11) is 0. The number of Topliss-reactive ketones (excluding diaryl/α,β-unsaturated/α-hetero) is 1. The van der Waals surface area contributed by atoms with Gasteiger partial charge in [0.1, 0.15) is 5.78 Å². The van der Waals surface area contributed by atoms with Gasteiger partial charge < -0.3 is 5.73 Å². The molecule has 1 aliphatic carbocycles. The van der Waals surface area contributed by atoms with Crippen LogP contribution in [0.1, 0.15) is 65.2 Å². The molecule has 1 rings (SSSR count). The van der Waals surface area contributed by atoms with Gasteiger partial charge in [-0.3, -0.25) is 4.79 Å². The first-order valence-electron chi connectivity index (χ1n) is 7.38. The topological polar surface area (TPSA) is 43.1 Å². The van der Waals surface area contributed by atoms with Gasteiger partial charge in [-0.1, -0.05) is 26.7 Å². The number of nitrogens with two attached hydrogens (primary N) is 1. The van der Waals surface area contributed by atoms with Crippen LogP contribution in [0.15, 0.2) is 0 Å². The molecule has 0 amide bonds. The first-order valence-corrected chi connectivity index (χ1v) is 7.38. The molecule has 0 bridgehead atoms. The molecule has 2 nitrogen and oxygen atoms in total. The molecule has 0 aliphatic heterocycles. The molecular formula is C15H29NO. The minimum atomic E-state index is 0.371. The van der Waals surface area contributed by atoms with Crippen LogP contribution in [-0.2, 0) is 4.79 Å². The lowest BCUT2D eigenvalue weighted by molar-refractivity contribution is -0.124. The molecule has 0 heterocycles. The summed E-state index contributed by atoms with van der Waals surface area (Å²) < 4.78 is 0. The van der Waals surface area contributed by atoms with Crippen LogP contribution >= 0.6 is 0 Å². The predicted octanol–water partition coefficient (Wildman–Crippen LogP) is 3.54. The van der Waals surface area contributed by atoms with Crippen molar-refractivity contribution in [2.75, 3.05) is 6.54 Å². The third-order valence-electron chi connectivity index (χ3n) is 4.43. The quantitative estimate of drug-likeness (QED) is 0.691. The summed E-state index contributed by atoms with van der Waals surface area (Å²) in [5.74, 6) is 2.44. The highest BCUT2D eigenvalue weighted by Crippen LogP contribution is 2.34. The Balaban J connectivity index is 2.15. The Hall–Kier alpha value is -0.370. The van der Waals surface area contributed by atoms with Crippen molar-refractivity contribution in [3.05, 3.63) is 0 Å². The van der Waals surface area contributed by atoms with Gasteiger partial charge in [-0.25, -0.2) is 0 Å². The molecule has 17 heavy (non-hydrogen) atoms. The number of ketones is 1. The number of hydrogen-bond acceptors (Lipinski definition) is 2. The van der Waals surface area contributed by atoms with Gasteiger partial charge in [-0.15, -0.1) is 0 Å². The molecule has 0 aromatic carbocycles. The summed E-state index contributed by atoms with van der Waals surface area (Å²) in [6.07, 6.45) is 8.83. The highest BCUT2D eigenvalue weighted by atomic mass is 16.1. The van der Waals surface area contributed by atoms with Gasteiger partial charge in [0.05, 0.1) is 0 Å². The van der Waals surface area contributed by atoms with Crippen molar-refractivity contribution in [2.24, 2.45) is 23.5 Å². The van der Waals surface area contributed by atoms with Crippen molar-refractivity contribution in [1.29, 1.82) is 0 Å². The van der Waals surface area contributed by atoms with E-state index in [4.69, 9.17) is 5.73 Å².